The second-order valence-electron chi connectivity index (χ2n) is 6.04. The van der Waals surface area contributed by atoms with Gasteiger partial charge in [0.05, 0.1) is 4.90 Å². The molecule has 0 aliphatic carbocycles. The smallest absolute Gasteiger partial charge is 0.263 e. The third kappa shape index (κ3) is 4.37. The van der Waals surface area contributed by atoms with E-state index in [9.17, 15) is 8.42 Å². The molecule has 1 aromatic heterocycles. The standard InChI is InChI=1S/C19H20N4O2S/c1-15-8-10-17(11-9-15)26(24,25)22-18-12-13-19(21-20-18)23(2)14-16-6-4-3-5-7-16/h3-13H,14H2,1-2H3,(H,20,22). The average molecular weight is 368 g/mol. The van der Waals surface area contributed by atoms with Crippen molar-refractivity contribution in [3.05, 3.63) is 77.9 Å². The number of aromatic nitrogens is 2. The lowest BCUT2D eigenvalue weighted by molar-refractivity contribution is 0.601. The van der Waals surface area contributed by atoms with Crippen molar-refractivity contribution in [2.45, 2.75) is 18.4 Å². The number of rotatable bonds is 6. The number of anilines is 2. The molecular formula is C19H20N4O2S. The minimum Gasteiger partial charge on any atom is -0.354 e. The first-order valence-electron chi connectivity index (χ1n) is 8.12. The average Bonchev–Trinajstić information content (AvgIpc) is 2.63. The van der Waals surface area contributed by atoms with Crippen LogP contribution in [0.3, 0.4) is 0 Å². The third-order valence-corrected chi connectivity index (χ3v) is 5.24. The van der Waals surface area contributed by atoms with Gasteiger partial charge in [-0.05, 0) is 36.8 Å². The Labute approximate surface area is 153 Å². The van der Waals surface area contributed by atoms with Gasteiger partial charge in [-0.2, -0.15) is 0 Å². The van der Waals surface area contributed by atoms with Crippen LogP contribution in [0.1, 0.15) is 11.1 Å². The molecule has 3 aromatic rings. The van der Waals surface area contributed by atoms with Crippen LogP contribution in [0.25, 0.3) is 0 Å². The van der Waals surface area contributed by atoms with Crippen LogP contribution in [0.15, 0.2) is 71.6 Å². The molecule has 0 unspecified atom stereocenters. The van der Waals surface area contributed by atoms with Crippen LogP contribution in [0.4, 0.5) is 11.6 Å². The predicted octanol–water partition coefficient (Wildman–Crippen LogP) is 3.22. The molecule has 0 amide bonds. The molecule has 0 atom stereocenters. The van der Waals surface area contributed by atoms with Gasteiger partial charge < -0.3 is 4.90 Å². The van der Waals surface area contributed by atoms with Crippen LogP contribution >= 0.6 is 0 Å². The number of nitrogens with zero attached hydrogens (tertiary/aromatic N) is 3. The van der Waals surface area contributed by atoms with Crippen LogP contribution in [-0.4, -0.2) is 25.7 Å². The second kappa shape index (κ2) is 7.53. The molecule has 1 heterocycles. The zero-order valence-electron chi connectivity index (χ0n) is 14.6. The van der Waals surface area contributed by atoms with Crippen LogP contribution < -0.4 is 9.62 Å². The number of hydrogen-bond donors (Lipinski definition) is 1. The lowest BCUT2D eigenvalue weighted by Crippen LogP contribution is -2.19. The Morgan fingerprint density at radius 3 is 2.23 bits per heavy atom. The van der Waals surface area contributed by atoms with Crippen molar-refractivity contribution in [2.24, 2.45) is 0 Å². The molecule has 0 radical (unpaired) electrons. The maximum absolute atomic E-state index is 12.4. The van der Waals surface area contributed by atoms with Gasteiger partial charge in [0.2, 0.25) is 0 Å². The molecule has 26 heavy (non-hydrogen) atoms. The van der Waals surface area contributed by atoms with Crippen molar-refractivity contribution in [3.8, 4) is 0 Å². The first-order valence-corrected chi connectivity index (χ1v) is 9.61. The summed E-state index contributed by atoms with van der Waals surface area (Å²) in [6.45, 7) is 2.59. The molecule has 0 saturated carbocycles. The summed E-state index contributed by atoms with van der Waals surface area (Å²) in [7, 11) is -1.77. The quantitative estimate of drug-likeness (QED) is 0.723. The molecule has 0 saturated heterocycles. The Hall–Kier alpha value is -2.93. The summed E-state index contributed by atoms with van der Waals surface area (Å²) in [6, 6.07) is 20.0. The minimum atomic E-state index is -3.68. The van der Waals surface area contributed by atoms with E-state index in [-0.39, 0.29) is 10.7 Å². The van der Waals surface area contributed by atoms with Crippen molar-refractivity contribution in [1.82, 2.24) is 10.2 Å². The third-order valence-electron chi connectivity index (χ3n) is 3.87. The summed E-state index contributed by atoms with van der Waals surface area (Å²) in [5.74, 6) is 0.842. The molecule has 3 rings (SSSR count). The summed E-state index contributed by atoms with van der Waals surface area (Å²) in [5.41, 5.74) is 2.15. The zero-order valence-corrected chi connectivity index (χ0v) is 15.4. The fourth-order valence-corrected chi connectivity index (χ4v) is 3.43. The summed E-state index contributed by atoms with van der Waals surface area (Å²) in [4.78, 5) is 2.13. The van der Waals surface area contributed by atoms with Crippen molar-refractivity contribution in [3.63, 3.8) is 0 Å². The van der Waals surface area contributed by atoms with E-state index in [2.05, 4.69) is 14.9 Å². The second-order valence-corrected chi connectivity index (χ2v) is 7.72. The van der Waals surface area contributed by atoms with Gasteiger partial charge in [-0.15, -0.1) is 10.2 Å². The molecule has 0 fully saturated rings. The lowest BCUT2D eigenvalue weighted by atomic mass is 10.2. The number of benzene rings is 2. The minimum absolute atomic E-state index is 0.183. The SMILES string of the molecule is Cc1ccc(S(=O)(=O)Nc2ccc(N(C)Cc3ccccc3)nn2)cc1. The zero-order chi connectivity index (χ0) is 18.6. The fourth-order valence-electron chi connectivity index (χ4n) is 2.44. The van der Waals surface area contributed by atoms with Crippen molar-refractivity contribution in [2.75, 3.05) is 16.7 Å². The Bertz CT molecular complexity index is 957. The van der Waals surface area contributed by atoms with Crippen molar-refractivity contribution >= 4 is 21.7 Å². The maximum atomic E-state index is 12.4. The molecule has 2 aromatic carbocycles. The van der Waals surface area contributed by atoms with Gasteiger partial charge in [0.15, 0.2) is 11.6 Å². The highest BCUT2D eigenvalue weighted by atomic mass is 32.2. The van der Waals surface area contributed by atoms with E-state index in [1.54, 1.807) is 36.4 Å². The summed E-state index contributed by atoms with van der Waals surface area (Å²) >= 11 is 0. The van der Waals surface area contributed by atoms with Gasteiger partial charge in [0, 0.05) is 13.6 Å². The summed E-state index contributed by atoms with van der Waals surface area (Å²) < 4.78 is 27.2. The first-order chi connectivity index (χ1) is 12.4. The van der Waals surface area contributed by atoms with Crippen LogP contribution in [0.2, 0.25) is 0 Å². The molecule has 134 valence electrons. The molecule has 0 spiro atoms. The fraction of sp³-hybridized carbons (Fsp3) is 0.158. The van der Waals surface area contributed by atoms with Gasteiger partial charge >= 0.3 is 0 Å². The van der Waals surface area contributed by atoms with Crippen molar-refractivity contribution in [1.29, 1.82) is 0 Å². The van der Waals surface area contributed by atoms with E-state index < -0.39 is 10.0 Å². The van der Waals surface area contributed by atoms with E-state index in [1.807, 2.05) is 49.2 Å². The highest BCUT2D eigenvalue weighted by Crippen LogP contribution is 2.17. The Balaban J connectivity index is 1.70. The highest BCUT2D eigenvalue weighted by molar-refractivity contribution is 7.92. The van der Waals surface area contributed by atoms with E-state index in [1.165, 1.54) is 0 Å². The van der Waals surface area contributed by atoms with Crippen LogP contribution in [-0.2, 0) is 16.6 Å². The van der Waals surface area contributed by atoms with E-state index in [4.69, 9.17) is 0 Å². The van der Waals surface area contributed by atoms with E-state index in [0.717, 1.165) is 11.1 Å². The van der Waals surface area contributed by atoms with Gasteiger partial charge in [0.25, 0.3) is 10.0 Å². The van der Waals surface area contributed by atoms with Gasteiger partial charge in [-0.1, -0.05) is 48.0 Å². The lowest BCUT2D eigenvalue weighted by Gasteiger charge is -2.17. The Kier molecular flexibility index (Phi) is 5.18. The topological polar surface area (TPSA) is 75.2 Å². The van der Waals surface area contributed by atoms with Crippen molar-refractivity contribution < 1.29 is 8.42 Å². The first kappa shape index (κ1) is 17.9. The Morgan fingerprint density at radius 2 is 1.62 bits per heavy atom. The molecule has 0 aliphatic rings. The number of hydrogen-bond acceptors (Lipinski definition) is 5. The molecule has 0 bridgehead atoms. The molecule has 7 heteroatoms. The maximum Gasteiger partial charge on any atom is 0.263 e. The van der Waals surface area contributed by atoms with E-state index >= 15 is 0 Å². The number of sulfonamides is 1. The van der Waals surface area contributed by atoms with Crippen LogP contribution in [0.5, 0.6) is 0 Å². The van der Waals surface area contributed by atoms with Gasteiger partial charge in [0.1, 0.15) is 0 Å². The largest absolute Gasteiger partial charge is 0.354 e. The van der Waals surface area contributed by atoms with Crippen LogP contribution in [0, 0.1) is 6.92 Å². The van der Waals surface area contributed by atoms with Gasteiger partial charge in [-0.3, -0.25) is 4.72 Å². The highest BCUT2D eigenvalue weighted by Gasteiger charge is 2.15. The Morgan fingerprint density at radius 1 is 0.923 bits per heavy atom. The number of nitrogens with one attached hydrogen (secondary N) is 1. The van der Waals surface area contributed by atoms with Gasteiger partial charge in [-0.25, -0.2) is 8.42 Å². The molecule has 6 nitrogen and oxygen atoms in total. The normalized spacial score (nSPS) is 11.2. The molecular weight excluding hydrogens is 348 g/mol. The summed E-state index contributed by atoms with van der Waals surface area (Å²) in [5, 5.41) is 8.10. The number of aryl methyl sites for hydroxylation is 1. The molecule has 1 N–H and O–H groups in total. The summed E-state index contributed by atoms with van der Waals surface area (Å²) in [6.07, 6.45) is 0. The predicted molar refractivity (Wildman–Crippen MR) is 103 cm³/mol. The monoisotopic (exact) mass is 368 g/mol. The molecule has 0 aliphatic heterocycles. The van der Waals surface area contributed by atoms with E-state index in [0.29, 0.717) is 12.4 Å².